The van der Waals surface area contributed by atoms with Gasteiger partial charge in [0, 0.05) is 30.1 Å². The standard InChI is InChI=1S/C16H28N2O/c1-6-13-7-8-15(19-5)14(9-13)16(3,4)11-18-10-12(2)17/h7-9,12,18H,6,10-11,17H2,1-5H3. The van der Waals surface area contributed by atoms with Gasteiger partial charge < -0.3 is 15.8 Å². The molecular weight excluding hydrogens is 236 g/mol. The van der Waals surface area contributed by atoms with Crippen molar-refractivity contribution in [2.75, 3.05) is 20.2 Å². The average Bonchev–Trinajstić information content (AvgIpc) is 2.37. The quantitative estimate of drug-likeness (QED) is 0.795. The third-order valence-electron chi connectivity index (χ3n) is 3.43. The van der Waals surface area contributed by atoms with Crippen molar-refractivity contribution in [1.82, 2.24) is 5.32 Å². The Hall–Kier alpha value is -1.06. The molecule has 1 rings (SSSR count). The van der Waals surface area contributed by atoms with E-state index in [-0.39, 0.29) is 11.5 Å². The minimum Gasteiger partial charge on any atom is -0.496 e. The summed E-state index contributed by atoms with van der Waals surface area (Å²) in [4.78, 5) is 0. The van der Waals surface area contributed by atoms with Gasteiger partial charge in [-0.15, -0.1) is 0 Å². The van der Waals surface area contributed by atoms with Crippen LogP contribution < -0.4 is 15.8 Å². The lowest BCUT2D eigenvalue weighted by Crippen LogP contribution is -2.39. The number of ether oxygens (including phenoxy) is 1. The van der Waals surface area contributed by atoms with E-state index in [1.165, 1.54) is 11.1 Å². The van der Waals surface area contributed by atoms with Crippen LogP contribution in [-0.2, 0) is 11.8 Å². The molecule has 3 nitrogen and oxygen atoms in total. The summed E-state index contributed by atoms with van der Waals surface area (Å²) in [5.41, 5.74) is 8.39. The molecule has 0 aromatic heterocycles. The van der Waals surface area contributed by atoms with Gasteiger partial charge in [0.1, 0.15) is 5.75 Å². The lowest BCUT2D eigenvalue weighted by atomic mass is 9.82. The van der Waals surface area contributed by atoms with E-state index in [4.69, 9.17) is 10.5 Å². The minimum absolute atomic E-state index is 0.0193. The monoisotopic (exact) mass is 264 g/mol. The zero-order valence-corrected chi connectivity index (χ0v) is 12.9. The Morgan fingerprint density at radius 3 is 2.58 bits per heavy atom. The van der Waals surface area contributed by atoms with Gasteiger partial charge in [0.15, 0.2) is 0 Å². The Balaban J connectivity index is 2.91. The lowest BCUT2D eigenvalue weighted by Gasteiger charge is -2.28. The van der Waals surface area contributed by atoms with Crippen molar-refractivity contribution in [3.05, 3.63) is 29.3 Å². The minimum atomic E-state index is 0.0193. The van der Waals surface area contributed by atoms with E-state index in [1.54, 1.807) is 7.11 Å². The van der Waals surface area contributed by atoms with E-state index in [9.17, 15) is 0 Å². The molecule has 0 saturated heterocycles. The number of aryl methyl sites for hydroxylation is 1. The second-order valence-electron chi connectivity index (χ2n) is 5.88. The summed E-state index contributed by atoms with van der Waals surface area (Å²) in [6.07, 6.45) is 1.04. The predicted molar refractivity (Wildman–Crippen MR) is 81.9 cm³/mol. The second-order valence-corrected chi connectivity index (χ2v) is 5.88. The van der Waals surface area contributed by atoms with Crippen molar-refractivity contribution < 1.29 is 4.74 Å². The maximum absolute atomic E-state index is 5.77. The van der Waals surface area contributed by atoms with Crippen LogP contribution in [0.2, 0.25) is 0 Å². The summed E-state index contributed by atoms with van der Waals surface area (Å²) in [5, 5.41) is 3.43. The largest absolute Gasteiger partial charge is 0.496 e. The first-order valence-electron chi connectivity index (χ1n) is 7.04. The molecule has 0 radical (unpaired) electrons. The van der Waals surface area contributed by atoms with Gasteiger partial charge >= 0.3 is 0 Å². The molecule has 0 aliphatic rings. The van der Waals surface area contributed by atoms with E-state index in [0.717, 1.165) is 25.3 Å². The topological polar surface area (TPSA) is 47.3 Å². The summed E-state index contributed by atoms with van der Waals surface area (Å²) in [6, 6.07) is 6.64. The fourth-order valence-electron chi connectivity index (χ4n) is 2.21. The highest BCUT2D eigenvalue weighted by Crippen LogP contribution is 2.32. The predicted octanol–water partition coefficient (Wildman–Crippen LogP) is 2.47. The van der Waals surface area contributed by atoms with Crippen LogP contribution in [0.25, 0.3) is 0 Å². The van der Waals surface area contributed by atoms with E-state index in [1.807, 2.05) is 6.92 Å². The summed E-state index contributed by atoms with van der Waals surface area (Å²) in [5.74, 6) is 0.963. The van der Waals surface area contributed by atoms with E-state index < -0.39 is 0 Å². The Kier molecular flexibility index (Phi) is 5.83. The molecule has 108 valence electrons. The van der Waals surface area contributed by atoms with Crippen molar-refractivity contribution in [2.45, 2.75) is 45.6 Å². The zero-order chi connectivity index (χ0) is 14.5. The Morgan fingerprint density at radius 2 is 2.05 bits per heavy atom. The zero-order valence-electron chi connectivity index (χ0n) is 12.9. The molecule has 0 spiro atoms. The number of nitrogens with two attached hydrogens (primary N) is 1. The highest BCUT2D eigenvalue weighted by molar-refractivity contribution is 5.42. The molecule has 0 aliphatic heterocycles. The third kappa shape index (κ3) is 4.51. The Bertz CT molecular complexity index is 400. The van der Waals surface area contributed by atoms with Gasteiger partial charge in [0.2, 0.25) is 0 Å². The molecule has 3 heteroatoms. The highest BCUT2D eigenvalue weighted by atomic mass is 16.5. The van der Waals surface area contributed by atoms with Gasteiger partial charge in [-0.05, 0) is 25.0 Å². The SMILES string of the molecule is CCc1ccc(OC)c(C(C)(C)CNCC(C)N)c1. The first-order valence-corrected chi connectivity index (χ1v) is 7.04. The first kappa shape index (κ1) is 16.0. The molecule has 1 atom stereocenters. The summed E-state index contributed by atoms with van der Waals surface area (Å²) < 4.78 is 5.51. The molecular formula is C16H28N2O. The van der Waals surface area contributed by atoms with Crippen LogP contribution in [0.3, 0.4) is 0 Å². The van der Waals surface area contributed by atoms with Crippen molar-refractivity contribution in [3.8, 4) is 5.75 Å². The van der Waals surface area contributed by atoms with Crippen molar-refractivity contribution in [1.29, 1.82) is 0 Å². The normalized spacial score (nSPS) is 13.4. The summed E-state index contributed by atoms with van der Waals surface area (Å²) >= 11 is 0. The van der Waals surface area contributed by atoms with Crippen LogP contribution >= 0.6 is 0 Å². The maximum Gasteiger partial charge on any atom is 0.122 e. The van der Waals surface area contributed by atoms with E-state index >= 15 is 0 Å². The van der Waals surface area contributed by atoms with Gasteiger partial charge in [-0.2, -0.15) is 0 Å². The molecule has 1 aromatic rings. The average molecular weight is 264 g/mol. The van der Waals surface area contributed by atoms with Crippen LogP contribution in [0.15, 0.2) is 18.2 Å². The molecule has 0 bridgehead atoms. The molecule has 1 aromatic carbocycles. The van der Waals surface area contributed by atoms with Gasteiger partial charge in [-0.3, -0.25) is 0 Å². The third-order valence-corrected chi connectivity index (χ3v) is 3.43. The van der Waals surface area contributed by atoms with Gasteiger partial charge in [-0.25, -0.2) is 0 Å². The number of hydrogen-bond acceptors (Lipinski definition) is 3. The highest BCUT2D eigenvalue weighted by Gasteiger charge is 2.24. The summed E-state index contributed by atoms with van der Waals surface area (Å²) in [7, 11) is 1.73. The number of nitrogens with one attached hydrogen (secondary N) is 1. The molecule has 0 amide bonds. The van der Waals surface area contributed by atoms with Crippen LogP contribution in [-0.4, -0.2) is 26.2 Å². The summed E-state index contributed by atoms with van der Waals surface area (Å²) in [6.45, 7) is 10.4. The van der Waals surface area contributed by atoms with Crippen LogP contribution in [0.1, 0.15) is 38.8 Å². The van der Waals surface area contributed by atoms with E-state index in [2.05, 4.69) is 44.3 Å². The molecule has 0 saturated carbocycles. The smallest absolute Gasteiger partial charge is 0.122 e. The Labute approximate surface area is 117 Å². The van der Waals surface area contributed by atoms with Crippen LogP contribution in [0, 0.1) is 0 Å². The first-order chi connectivity index (χ1) is 8.90. The number of methoxy groups -OCH3 is 1. The fourth-order valence-corrected chi connectivity index (χ4v) is 2.21. The molecule has 3 N–H and O–H groups in total. The van der Waals surface area contributed by atoms with Gasteiger partial charge in [0.05, 0.1) is 7.11 Å². The van der Waals surface area contributed by atoms with Crippen molar-refractivity contribution >= 4 is 0 Å². The Morgan fingerprint density at radius 1 is 1.37 bits per heavy atom. The molecule has 0 heterocycles. The van der Waals surface area contributed by atoms with Crippen molar-refractivity contribution in [2.24, 2.45) is 5.73 Å². The number of hydrogen-bond donors (Lipinski definition) is 2. The van der Waals surface area contributed by atoms with Crippen LogP contribution in [0.5, 0.6) is 5.75 Å². The lowest BCUT2D eigenvalue weighted by molar-refractivity contribution is 0.384. The number of benzene rings is 1. The van der Waals surface area contributed by atoms with Crippen LogP contribution in [0.4, 0.5) is 0 Å². The molecule has 1 unspecified atom stereocenters. The van der Waals surface area contributed by atoms with E-state index in [0.29, 0.717) is 0 Å². The molecule has 0 aliphatic carbocycles. The fraction of sp³-hybridized carbons (Fsp3) is 0.625. The maximum atomic E-state index is 5.77. The molecule has 0 fully saturated rings. The second kappa shape index (κ2) is 6.92. The number of rotatable bonds is 7. The van der Waals surface area contributed by atoms with Crippen molar-refractivity contribution in [3.63, 3.8) is 0 Å². The van der Waals surface area contributed by atoms with Gasteiger partial charge in [0.25, 0.3) is 0 Å². The molecule has 19 heavy (non-hydrogen) atoms. The van der Waals surface area contributed by atoms with Gasteiger partial charge in [-0.1, -0.05) is 32.9 Å².